The summed E-state index contributed by atoms with van der Waals surface area (Å²) in [7, 11) is 0. The lowest BCUT2D eigenvalue weighted by atomic mass is 10.0. The first-order valence-corrected chi connectivity index (χ1v) is 41.7. The molecule has 0 amide bonds. The van der Waals surface area contributed by atoms with Crippen LogP contribution in [0.15, 0.2) is 0 Å². The summed E-state index contributed by atoms with van der Waals surface area (Å²) in [4.78, 5) is 48.4. The van der Waals surface area contributed by atoms with Crippen molar-refractivity contribution < 1.29 is 28.6 Å². The van der Waals surface area contributed by atoms with E-state index in [1.54, 1.807) is 0 Å². The number of hydrogen-bond donors (Lipinski definition) is 1. The van der Waals surface area contributed by atoms with E-state index in [-0.39, 0.29) is 36.2 Å². The normalized spacial score (nSPS) is 14.1. The molecule has 0 saturated carbocycles. The molecule has 3 atom stereocenters. The van der Waals surface area contributed by atoms with E-state index in [0.29, 0.717) is 38.9 Å². The first-order chi connectivity index (χ1) is 45.3. The standard InChI is InChI=1S/C82H162N4O6/c1-7-13-19-25-31-34-40-46-52-58-77(57-49-43-37-28-22-16-10-4)90-80(87)63-67-83-66-55-68-85-73-75-86(76-74-85)70-56-69-84(71-64-81(88)91-78(59-50-44-38-29-23-17-11-5)61-53-47-41-35-32-26-20-14-8-2)72-65-82(89)92-79(60-51-45-39-30-24-18-12-6)62-54-48-42-36-33-27-21-15-9-3/h77-79,83H,7-76H2,1-6H3. The molecular formula is C82H162N4O6. The molecule has 1 aliphatic rings. The topological polar surface area (TPSA) is 101 Å². The monoisotopic (exact) mass is 1300 g/mol. The molecule has 0 bridgehead atoms. The minimum atomic E-state index is -0.0664. The number of nitrogens with zero attached hydrogens (tertiary/aromatic N) is 3. The Morgan fingerprint density at radius 1 is 0.283 bits per heavy atom. The number of unbranched alkanes of at least 4 members (excludes halogenated alkanes) is 42. The van der Waals surface area contributed by atoms with Gasteiger partial charge in [-0.05, 0) is 116 Å². The predicted octanol–water partition coefficient (Wildman–Crippen LogP) is 23.4. The van der Waals surface area contributed by atoms with Gasteiger partial charge in [0.1, 0.15) is 18.3 Å². The van der Waals surface area contributed by atoms with Gasteiger partial charge in [-0.2, -0.15) is 0 Å². The second-order valence-corrected chi connectivity index (χ2v) is 29.1. The third kappa shape index (κ3) is 60.6. The highest BCUT2D eigenvalue weighted by Crippen LogP contribution is 2.23. The fourth-order valence-corrected chi connectivity index (χ4v) is 13.9. The summed E-state index contributed by atoms with van der Waals surface area (Å²) in [5.74, 6) is -0.160. The van der Waals surface area contributed by atoms with E-state index in [1.807, 2.05) is 0 Å². The van der Waals surface area contributed by atoms with E-state index in [9.17, 15) is 14.4 Å². The van der Waals surface area contributed by atoms with E-state index in [0.717, 1.165) is 129 Å². The molecule has 546 valence electrons. The third-order valence-electron chi connectivity index (χ3n) is 20.2. The van der Waals surface area contributed by atoms with Crippen LogP contribution in [0.5, 0.6) is 0 Å². The van der Waals surface area contributed by atoms with E-state index < -0.39 is 0 Å². The first kappa shape index (κ1) is 88.3. The molecule has 0 aromatic heterocycles. The minimum absolute atomic E-state index is 0.0113. The van der Waals surface area contributed by atoms with Gasteiger partial charge in [0.2, 0.25) is 0 Å². The molecule has 1 rings (SSSR count). The molecule has 92 heavy (non-hydrogen) atoms. The Bertz CT molecular complexity index is 1470. The highest BCUT2D eigenvalue weighted by molar-refractivity contribution is 5.70. The van der Waals surface area contributed by atoms with Crippen LogP contribution in [0.2, 0.25) is 0 Å². The van der Waals surface area contributed by atoms with Gasteiger partial charge in [0.25, 0.3) is 0 Å². The van der Waals surface area contributed by atoms with Gasteiger partial charge in [0, 0.05) is 45.8 Å². The smallest absolute Gasteiger partial charge is 0.307 e. The molecule has 0 aliphatic carbocycles. The largest absolute Gasteiger partial charge is 0.462 e. The Morgan fingerprint density at radius 2 is 0.511 bits per heavy atom. The lowest BCUT2D eigenvalue weighted by Gasteiger charge is -2.35. The van der Waals surface area contributed by atoms with E-state index in [4.69, 9.17) is 14.2 Å². The summed E-state index contributed by atoms with van der Waals surface area (Å²) in [6, 6.07) is 0. The molecule has 10 nitrogen and oxygen atoms in total. The molecular weight excluding hydrogens is 1140 g/mol. The van der Waals surface area contributed by atoms with Gasteiger partial charge in [0.15, 0.2) is 0 Å². The van der Waals surface area contributed by atoms with Crippen LogP contribution in [0, 0.1) is 0 Å². The Hall–Kier alpha value is -1.75. The van der Waals surface area contributed by atoms with Gasteiger partial charge >= 0.3 is 17.9 Å². The minimum Gasteiger partial charge on any atom is -0.462 e. The first-order valence-electron chi connectivity index (χ1n) is 41.7. The predicted molar refractivity (Wildman–Crippen MR) is 398 cm³/mol. The van der Waals surface area contributed by atoms with Crippen LogP contribution in [0.3, 0.4) is 0 Å². The van der Waals surface area contributed by atoms with Crippen molar-refractivity contribution in [3.05, 3.63) is 0 Å². The van der Waals surface area contributed by atoms with E-state index >= 15 is 0 Å². The van der Waals surface area contributed by atoms with E-state index in [2.05, 4.69) is 61.6 Å². The van der Waals surface area contributed by atoms with Crippen molar-refractivity contribution in [1.29, 1.82) is 0 Å². The molecule has 0 aromatic rings. The summed E-state index contributed by atoms with van der Waals surface area (Å²) in [6.45, 7) is 23.8. The zero-order valence-electron chi connectivity index (χ0n) is 63.0. The number of rotatable bonds is 74. The number of esters is 3. The second-order valence-electron chi connectivity index (χ2n) is 29.1. The Kier molecular flexibility index (Phi) is 67.7. The average molecular weight is 1300 g/mol. The molecule has 1 fully saturated rings. The van der Waals surface area contributed by atoms with Gasteiger partial charge in [-0.25, -0.2) is 0 Å². The maximum atomic E-state index is 13.8. The Labute approximate surface area is 574 Å². The highest BCUT2D eigenvalue weighted by Gasteiger charge is 2.22. The van der Waals surface area contributed by atoms with Gasteiger partial charge in [-0.15, -0.1) is 0 Å². The number of ether oxygens (including phenoxy) is 3. The lowest BCUT2D eigenvalue weighted by molar-refractivity contribution is -0.151. The third-order valence-corrected chi connectivity index (χ3v) is 20.2. The van der Waals surface area contributed by atoms with Crippen LogP contribution in [0.4, 0.5) is 0 Å². The van der Waals surface area contributed by atoms with Crippen molar-refractivity contribution in [2.75, 3.05) is 72.0 Å². The number of carbonyl (C=O) groups is 3. The fourth-order valence-electron chi connectivity index (χ4n) is 13.9. The summed E-state index contributed by atoms with van der Waals surface area (Å²) < 4.78 is 18.9. The number of piperazine rings is 1. The van der Waals surface area contributed by atoms with Crippen molar-refractivity contribution in [3.8, 4) is 0 Å². The second kappa shape index (κ2) is 70.6. The van der Waals surface area contributed by atoms with Crippen molar-refractivity contribution >= 4 is 17.9 Å². The van der Waals surface area contributed by atoms with Crippen molar-refractivity contribution in [2.24, 2.45) is 0 Å². The molecule has 10 heteroatoms. The highest BCUT2D eigenvalue weighted by atomic mass is 16.6. The van der Waals surface area contributed by atoms with Crippen LogP contribution in [0.25, 0.3) is 0 Å². The van der Waals surface area contributed by atoms with Gasteiger partial charge < -0.3 is 34.2 Å². The summed E-state index contributed by atoms with van der Waals surface area (Å²) in [5.41, 5.74) is 0. The summed E-state index contributed by atoms with van der Waals surface area (Å²) in [5, 5.41) is 3.56. The van der Waals surface area contributed by atoms with Crippen LogP contribution < -0.4 is 5.32 Å². The van der Waals surface area contributed by atoms with Crippen molar-refractivity contribution in [2.45, 2.75) is 439 Å². The van der Waals surface area contributed by atoms with E-state index in [1.165, 1.54) is 283 Å². The van der Waals surface area contributed by atoms with Crippen LogP contribution in [0.1, 0.15) is 420 Å². The van der Waals surface area contributed by atoms with Crippen LogP contribution in [-0.2, 0) is 28.6 Å². The molecule has 0 spiro atoms. The molecule has 1 N–H and O–H groups in total. The summed E-state index contributed by atoms with van der Waals surface area (Å²) in [6.07, 6.45) is 71.5. The molecule has 0 aromatic carbocycles. The zero-order chi connectivity index (χ0) is 66.5. The number of hydrogen-bond acceptors (Lipinski definition) is 10. The maximum absolute atomic E-state index is 13.8. The number of nitrogens with one attached hydrogen (secondary N) is 1. The molecule has 1 aliphatic heterocycles. The fraction of sp³-hybridized carbons (Fsp3) is 0.963. The number of carbonyl (C=O) groups excluding carboxylic acids is 3. The SMILES string of the molecule is CCCCCCCCCCCC(CCCCCCCCC)OC(=O)CCNCCCN1CCN(CCCN(CCC(=O)OC(CCCCCCCCC)CCCCCCCCCCC)CCC(=O)OC(CCCCCCCCC)CCCCCCCCCCC)CC1. The Morgan fingerprint density at radius 3 is 0.772 bits per heavy atom. The molecule has 1 heterocycles. The van der Waals surface area contributed by atoms with Crippen molar-refractivity contribution in [3.63, 3.8) is 0 Å². The zero-order valence-corrected chi connectivity index (χ0v) is 63.0. The van der Waals surface area contributed by atoms with Crippen molar-refractivity contribution in [1.82, 2.24) is 20.0 Å². The van der Waals surface area contributed by atoms with Gasteiger partial charge in [0.05, 0.1) is 19.3 Å². The van der Waals surface area contributed by atoms with Crippen LogP contribution in [-0.4, -0.2) is 123 Å². The Balaban J connectivity index is 2.83. The molecule has 1 saturated heterocycles. The van der Waals surface area contributed by atoms with Gasteiger partial charge in [-0.3, -0.25) is 14.4 Å². The quantitative estimate of drug-likeness (QED) is 0.0360. The van der Waals surface area contributed by atoms with Gasteiger partial charge in [-0.1, -0.05) is 311 Å². The molecule has 0 radical (unpaired) electrons. The summed E-state index contributed by atoms with van der Waals surface area (Å²) >= 11 is 0. The molecule has 3 unspecified atom stereocenters. The maximum Gasteiger partial charge on any atom is 0.307 e. The lowest BCUT2D eigenvalue weighted by Crippen LogP contribution is -2.47. The average Bonchev–Trinajstić information content (AvgIpc) is 3.58. The van der Waals surface area contributed by atoms with Crippen LogP contribution >= 0.6 is 0 Å².